The van der Waals surface area contributed by atoms with Gasteiger partial charge in [0.1, 0.15) is 18.2 Å². The largest absolute Gasteiger partial charge is 0.481 e. The van der Waals surface area contributed by atoms with Crippen molar-refractivity contribution in [3.05, 3.63) is 36.9 Å². The molecule has 10 nitrogen and oxygen atoms in total. The number of carboxylic acid groups (broad SMARTS) is 1. The second-order valence-electron chi connectivity index (χ2n) is 10.1. The molecule has 4 heterocycles. The van der Waals surface area contributed by atoms with E-state index in [1.54, 1.807) is 15.7 Å². The van der Waals surface area contributed by atoms with Crippen LogP contribution in [0.1, 0.15) is 33.1 Å². The van der Waals surface area contributed by atoms with Crippen LogP contribution in [-0.2, 0) is 21.1 Å². The molecule has 3 saturated heterocycles. The number of thioether (sulfide) groups is 1. The minimum Gasteiger partial charge on any atom is -0.481 e. The Morgan fingerprint density at radius 3 is 2.78 bits per heavy atom. The maximum atomic E-state index is 14.4. The molecular weight excluding hydrogens is 482 g/mol. The van der Waals surface area contributed by atoms with Gasteiger partial charge in [-0.2, -0.15) is 0 Å². The van der Waals surface area contributed by atoms with Crippen molar-refractivity contribution < 1.29 is 24.6 Å². The van der Waals surface area contributed by atoms with Crippen LogP contribution in [0.2, 0.25) is 0 Å². The summed E-state index contributed by atoms with van der Waals surface area (Å²) < 4.78 is 0.151. The summed E-state index contributed by atoms with van der Waals surface area (Å²) in [6, 6.07) is 5.98. The van der Waals surface area contributed by atoms with Gasteiger partial charge in [0.2, 0.25) is 11.8 Å². The second-order valence-corrected chi connectivity index (χ2v) is 12.0. The Bertz CT molecular complexity index is 1230. The van der Waals surface area contributed by atoms with Crippen LogP contribution in [0, 0.1) is 11.8 Å². The lowest BCUT2D eigenvalue weighted by atomic mass is 9.66. The van der Waals surface area contributed by atoms with E-state index in [0.717, 1.165) is 5.52 Å². The zero-order valence-corrected chi connectivity index (χ0v) is 21.2. The molecule has 36 heavy (non-hydrogen) atoms. The summed E-state index contributed by atoms with van der Waals surface area (Å²) in [6.07, 6.45) is 3.25. The topological polar surface area (TPSA) is 129 Å². The van der Waals surface area contributed by atoms with Gasteiger partial charge in [-0.3, -0.25) is 14.4 Å². The number of para-hydroxylation sites is 1. The molecular formula is C25H31N5O5S. The van der Waals surface area contributed by atoms with E-state index in [4.69, 9.17) is 0 Å². The Labute approximate surface area is 213 Å². The van der Waals surface area contributed by atoms with E-state index in [9.17, 15) is 24.6 Å². The highest BCUT2D eigenvalue weighted by molar-refractivity contribution is 8.02. The van der Waals surface area contributed by atoms with Gasteiger partial charge in [-0.15, -0.1) is 23.4 Å². The lowest BCUT2D eigenvalue weighted by Crippen LogP contribution is -2.57. The van der Waals surface area contributed by atoms with E-state index >= 15 is 0 Å². The number of likely N-dealkylation sites (tertiary alicyclic amines) is 1. The first-order chi connectivity index (χ1) is 17.2. The number of hydrogen-bond donors (Lipinski definition) is 2. The monoisotopic (exact) mass is 513 g/mol. The molecule has 3 aliphatic rings. The van der Waals surface area contributed by atoms with E-state index in [0.29, 0.717) is 24.8 Å². The Morgan fingerprint density at radius 1 is 1.36 bits per heavy atom. The van der Waals surface area contributed by atoms with Crippen LogP contribution in [-0.4, -0.2) is 87.5 Å². The van der Waals surface area contributed by atoms with Gasteiger partial charge in [0.25, 0.3) is 0 Å². The molecule has 6 atom stereocenters. The first-order valence-corrected chi connectivity index (χ1v) is 13.1. The molecule has 1 aromatic heterocycles. The third-order valence-electron chi connectivity index (χ3n) is 8.18. The molecule has 0 aliphatic carbocycles. The smallest absolute Gasteiger partial charge is 0.308 e. The third-order valence-corrected chi connectivity index (χ3v) is 10.2. The van der Waals surface area contributed by atoms with Gasteiger partial charge < -0.3 is 20.0 Å². The first kappa shape index (κ1) is 24.8. The zero-order valence-electron chi connectivity index (χ0n) is 20.4. The highest BCUT2D eigenvalue weighted by atomic mass is 32.2. The van der Waals surface area contributed by atoms with Crippen LogP contribution in [0.4, 0.5) is 0 Å². The van der Waals surface area contributed by atoms with Crippen molar-refractivity contribution in [1.82, 2.24) is 24.8 Å². The SMILES string of the molecule is C=CCN(Cn1nnc2ccccc21)C(=O)C1N([C@@H](CC)CO)C(=O)[C@@H]2[C@H](C(=O)O)[C@]3(C)CCC12S3. The van der Waals surface area contributed by atoms with E-state index in [-0.39, 0.29) is 31.6 Å². The third kappa shape index (κ3) is 3.39. The van der Waals surface area contributed by atoms with Crippen molar-refractivity contribution in [2.75, 3.05) is 13.2 Å². The lowest BCUT2D eigenvalue weighted by Gasteiger charge is -2.39. The van der Waals surface area contributed by atoms with E-state index in [1.165, 1.54) is 16.7 Å². The van der Waals surface area contributed by atoms with Crippen molar-refractivity contribution in [2.24, 2.45) is 11.8 Å². The molecule has 2 N–H and O–H groups in total. The summed E-state index contributed by atoms with van der Waals surface area (Å²) >= 11 is 1.48. The van der Waals surface area contributed by atoms with Gasteiger partial charge >= 0.3 is 5.97 Å². The minimum atomic E-state index is -1.01. The molecule has 5 rings (SSSR count). The predicted molar refractivity (Wildman–Crippen MR) is 134 cm³/mol. The highest BCUT2D eigenvalue weighted by Crippen LogP contribution is 2.71. The van der Waals surface area contributed by atoms with Crippen LogP contribution in [0.5, 0.6) is 0 Å². The fourth-order valence-electron chi connectivity index (χ4n) is 6.56. The summed E-state index contributed by atoms with van der Waals surface area (Å²) in [7, 11) is 0. The van der Waals surface area contributed by atoms with Crippen molar-refractivity contribution in [3.63, 3.8) is 0 Å². The van der Waals surface area contributed by atoms with Gasteiger partial charge in [0, 0.05) is 11.3 Å². The molecule has 3 fully saturated rings. The Morgan fingerprint density at radius 2 is 2.11 bits per heavy atom. The molecule has 0 radical (unpaired) electrons. The van der Waals surface area contributed by atoms with E-state index < -0.39 is 39.4 Å². The van der Waals surface area contributed by atoms with Crippen LogP contribution in [0.15, 0.2) is 36.9 Å². The van der Waals surface area contributed by atoms with Crippen molar-refractivity contribution in [3.8, 4) is 0 Å². The number of aromatic nitrogens is 3. The quantitative estimate of drug-likeness (QED) is 0.485. The van der Waals surface area contributed by atoms with Crippen LogP contribution in [0.25, 0.3) is 11.0 Å². The van der Waals surface area contributed by atoms with Gasteiger partial charge in [-0.05, 0) is 38.3 Å². The highest BCUT2D eigenvalue weighted by Gasteiger charge is 2.78. The maximum absolute atomic E-state index is 14.4. The number of aliphatic hydroxyl groups excluding tert-OH is 1. The van der Waals surface area contributed by atoms with E-state index in [1.807, 2.05) is 38.1 Å². The van der Waals surface area contributed by atoms with Gasteiger partial charge in [0.15, 0.2) is 0 Å². The number of benzene rings is 1. The summed E-state index contributed by atoms with van der Waals surface area (Å²) in [6.45, 7) is 7.58. The minimum absolute atomic E-state index is 0.102. The zero-order chi connectivity index (χ0) is 25.8. The number of fused-ring (bicyclic) bond motifs is 2. The maximum Gasteiger partial charge on any atom is 0.308 e. The van der Waals surface area contributed by atoms with Crippen molar-refractivity contribution in [2.45, 2.75) is 61.4 Å². The number of carboxylic acids is 1. The van der Waals surface area contributed by atoms with Crippen LogP contribution < -0.4 is 0 Å². The molecule has 2 amide bonds. The predicted octanol–water partition coefficient (Wildman–Crippen LogP) is 1.74. The molecule has 11 heteroatoms. The lowest BCUT2D eigenvalue weighted by molar-refractivity contribution is -0.151. The molecule has 1 spiro atoms. The Balaban J connectivity index is 1.58. The average Bonchev–Trinajstić information content (AvgIpc) is 3.55. The number of carbonyl (C=O) groups excluding carboxylic acids is 2. The van der Waals surface area contributed by atoms with Crippen molar-refractivity contribution >= 4 is 40.6 Å². The number of carbonyl (C=O) groups is 3. The number of aliphatic carboxylic acids is 1. The van der Waals surface area contributed by atoms with Gasteiger partial charge in [0.05, 0.1) is 34.7 Å². The van der Waals surface area contributed by atoms with Gasteiger partial charge in [-0.1, -0.05) is 30.3 Å². The van der Waals surface area contributed by atoms with E-state index in [2.05, 4.69) is 16.9 Å². The fourth-order valence-corrected chi connectivity index (χ4v) is 8.89. The number of hydrogen-bond acceptors (Lipinski definition) is 7. The summed E-state index contributed by atoms with van der Waals surface area (Å²) in [4.78, 5) is 43.7. The van der Waals surface area contributed by atoms with Crippen LogP contribution >= 0.6 is 11.8 Å². The fraction of sp³-hybridized carbons (Fsp3) is 0.560. The summed E-state index contributed by atoms with van der Waals surface area (Å²) in [5.41, 5.74) is 1.47. The summed E-state index contributed by atoms with van der Waals surface area (Å²) in [5.74, 6) is -3.34. The Kier molecular flexibility index (Phi) is 6.11. The summed E-state index contributed by atoms with van der Waals surface area (Å²) in [5, 5.41) is 28.7. The van der Waals surface area contributed by atoms with Crippen molar-refractivity contribution in [1.29, 1.82) is 0 Å². The molecule has 2 aromatic rings. The normalized spacial score (nSPS) is 31.6. The molecule has 192 valence electrons. The number of rotatable bonds is 9. The molecule has 0 saturated carbocycles. The molecule has 3 aliphatic heterocycles. The van der Waals surface area contributed by atoms with Crippen LogP contribution in [0.3, 0.4) is 0 Å². The molecule has 2 unspecified atom stereocenters. The number of amides is 2. The number of aliphatic hydroxyl groups is 1. The second kappa shape index (κ2) is 8.88. The number of nitrogens with zero attached hydrogens (tertiary/aromatic N) is 5. The Hall–Kier alpha value is -2.92. The average molecular weight is 514 g/mol. The standard InChI is InChI=1S/C25H31N5O5S/c1-4-12-28(14-29-17-9-7-6-8-16(17)26-27-29)22(33)20-25-11-10-24(3,36-25)19(23(34)35)18(25)21(32)30(20)15(5-2)13-31/h4,6-9,15,18-20,31H,1,5,10-14H2,2-3H3,(H,34,35)/t15-,18-,19+,20?,24-,25?/m0/s1. The molecule has 2 bridgehead atoms. The molecule has 1 aromatic carbocycles. The first-order valence-electron chi connectivity index (χ1n) is 12.3. The van der Waals surface area contributed by atoms with Gasteiger partial charge in [-0.25, -0.2) is 4.68 Å².